The number of rotatable bonds is 10. The summed E-state index contributed by atoms with van der Waals surface area (Å²) in [7, 11) is 1.72. The molecule has 1 saturated carbocycles. The predicted octanol–water partition coefficient (Wildman–Crippen LogP) is 3.87. The zero-order valence-electron chi connectivity index (χ0n) is 20.3. The number of nitrogens with one attached hydrogen (secondary N) is 3. The molecule has 4 rings (SSSR count). The molecule has 1 saturated heterocycles. The summed E-state index contributed by atoms with van der Waals surface area (Å²) in [6.07, 6.45) is 9.18. The first-order valence-electron chi connectivity index (χ1n) is 12.3. The van der Waals surface area contributed by atoms with Gasteiger partial charge in [0.1, 0.15) is 11.5 Å². The molecular formula is C25H37FN6O2. The molecule has 0 amide bonds. The van der Waals surface area contributed by atoms with Gasteiger partial charge in [0.05, 0.1) is 12.8 Å². The van der Waals surface area contributed by atoms with Crippen molar-refractivity contribution in [2.45, 2.75) is 57.5 Å². The molecule has 8 nitrogen and oxygen atoms in total. The lowest BCUT2D eigenvalue weighted by Gasteiger charge is -2.33. The van der Waals surface area contributed by atoms with Crippen molar-refractivity contribution in [1.82, 2.24) is 20.3 Å². The Hall–Kier alpha value is -2.36. The van der Waals surface area contributed by atoms with Crippen molar-refractivity contribution in [3.05, 3.63) is 30.3 Å². The Balaban J connectivity index is 1.36. The van der Waals surface area contributed by atoms with Gasteiger partial charge in [-0.1, -0.05) is 6.92 Å². The lowest BCUT2D eigenvalue weighted by molar-refractivity contribution is 0.0300. The monoisotopic (exact) mass is 472 g/mol. The van der Waals surface area contributed by atoms with Crippen molar-refractivity contribution in [3.63, 3.8) is 0 Å². The van der Waals surface area contributed by atoms with Crippen LogP contribution in [0.15, 0.2) is 24.5 Å². The Labute approximate surface area is 201 Å². The van der Waals surface area contributed by atoms with Crippen molar-refractivity contribution < 1.29 is 13.9 Å². The molecule has 3 heterocycles. The number of hydrogen-bond acceptors (Lipinski definition) is 8. The maximum atomic E-state index is 14.7. The van der Waals surface area contributed by atoms with Gasteiger partial charge in [-0.15, -0.1) is 0 Å². The third kappa shape index (κ3) is 6.84. The zero-order valence-corrected chi connectivity index (χ0v) is 20.3. The van der Waals surface area contributed by atoms with Gasteiger partial charge in [-0.2, -0.15) is 0 Å². The van der Waals surface area contributed by atoms with Gasteiger partial charge in [0.25, 0.3) is 0 Å². The van der Waals surface area contributed by atoms with E-state index in [1.54, 1.807) is 19.4 Å². The van der Waals surface area contributed by atoms with Gasteiger partial charge in [-0.25, -0.2) is 19.3 Å². The molecule has 0 aromatic carbocycles. The number of methoxy groups -OCH3 is 1. The van der Waals surface area contributed by atoms with Crippen LogP contribution in [0.4, 0.5) is 16.2 Å². The summed E-state index contributed by atoms with van der Waals surface area (Å²) in [5.41, 5.74) is 1.14. The van der Waals surface area contributed by atoms with Crippen LogP contribution in [0.1, 0.15) is 45.4 Å². The normalized spacial score (nSPS) is 22.3. The third-order valence-electron chi connectivity index (χ3n) is 6.97. The molecule has 1 aliphatic carbocycles. The van der Waals surface area contributed by atoms with E-state index in [1.807, 2.05) is 6.07 Å². The smallest absolute Gasteiger partial charge is 0.223 e. The standard InChI is InChI=1S/C25H37FN6O2/c1-25(8-12-34-13-9-25)17-30-22-15-18(7-10-28-22)23-21(26)16-29-24(32-23)31-20-5-3-19(4-6-20)27-11-14-33-2/h7,10,15-16,19-20,27H,3-6,8-9,11-14,17H2,1-2H3,(H,28,30)(H,29,31,32). The van der Waals surface area contributed by atoms with Crippen LogP contribution in [0.3, 0.4) is 0 Å². The fourth-order valence-corrected chi connectivity index (χ4v) is 4.65. The average molecular weight is 473 g/mol. The summed E-state index contributed by atoms with van der Waals surface area (Å²) < 4.78 is 25.3. The van der Waals surface area contributed by atoms with Gasteiger partial charge < -0.3 is 25.4 Å². The van der Waals surface area contributed by atoms with E-state index in [0.717, 1.165) is 77.3 Å². The van der Waals surface area contributed by atoms with Crippen LogP contribution in [0.5, 0.6) is 0 Å². The van der Waals surface area contributed by atoms with Crippen molar-refractivity contribution in [1.29, 1.82) is 0 Å². The average Bonchev–Trinajstić information content (AvgIpc) is 2.86. The van der Waals surface area contributed by atoms with Crippen molar-refractivity contribution in [2.24, 2.45) is 5.41 Å². The first kappa shape index (κ1) is 24.8. The molecule has 34 heavy (non-hydrogen) atoms. The van der Waals surface area contributed by atoms with E-state index in [4.69, 9.17) is 9.47 Å². The van der Waals surface area contributed by atoms with E-state index in [1.165, 1.54) is 6.20 Å². The van der Waals surface area contributed by atoms with Crippen LogP contribution >= 0.6 is 0 Å². The fourth-order valence-electron chi connectivity index (χ4n) is 4.65. The van der Waals surface area contributed by atoms with Crippen LogP contribution in [0.25, 0.3) is 11.3 Å². The molecule has 0 spiro atoms. The van der Waals surface area contributed by atoms with Gasteiger partial charge in [0.15, 0.2) is 5.82 Å². The Morgan fingerprint density at radius 2 is 1.91 bits per heavy atom. The highest BCUT2D eigenvalue weighted by molar-refractivity contribution is 5.64. The molecule has 9 heteroatoms. The first-order valence-corrected chi connectivity index (χ1v) is 12.3. The highest BCUT2D eigenvalue weighted by atomic mass is 19.1. The topological polar surface area (TPSA) is 93.2 Å². The largest absolute Gasteiger partial charge is 0.383 e. The molecule has 3 N–H and O–H groups in total. The first-order chi connectivity index (χ1) is 16.5. The Kier molecular flexibility index (Phi) is 8.64. The number of ether oxygens (including phenoxy) is 2. The number of hydrogen-bond donors (Lipinski definition) is 3. The second kappa shape index (κ2) is 11.9. The van der Waals surface area contributed by atoms with Gasteiger partial charge in [0, 0.05) is 57.3 Å². The summed E-state index contributed by atoms with van der Waals surface area (Å²) in [4.78, 5) is 13.1. The predicted molar refractivity (Wildman–Crippen MR) is 131 cm³/mol. The summed E-state index contributed by atoms with van der Waals surface area (Å²) in [5, 5.41) is 10.4. The summed E-state index contributed by atoms with van der Waals surface area (Å²) >= 11 is 0. The molecular weight excluding hydrogens is 435 g/mol. The van der Waals surface area contributed by atoms with Crippen LogP contribution in [-0.4, -0.2) is 67.1 Å². The van der Waals surface area contributed by atoms with E-state index in [0.29, 0.717) is 17.6 Å². The molecule has 1 aliphatic heterocycles. The molecule has 0 radical (unpaired) electrons. The number of aromatic nitrogens is 3. The van der Waals surface area contributed by atoms with E-state index in [-0.39, 0.29) is 17.2 Å². The van der Waals surface area contributed by atoms with E-state index in [9.17, 15) is 4.39 Å². The van der Waals surface area contributed by atoms with Crippen LogP contribution < -0.4 is 16.0 Å². The summed E-state index contributed by atoms with van der Waals surface area (Å²) in [5.74, 6) is 0.746. The van der Waals surface area contributed by atoms with Crippen molar-refractivity contribution in [3.8, 4) is 11.3 Å². The van der Waals surface area contributed by atoms with E-state index in [2.05, 4.69) is 37.8 Å². The van der Waals surface area contributed by atoms with Gasteiger partial charge in [0.2, 0.25) is 5.95 Å². The molecule has 0 unspecified atom stereocenters. The number of pyridine rings is 1. The van der Waals surface area contributed by atoms with Crippen LogP contribution in [0.2, 0.25) is 0 Å². The highest BCUT2D eigenvalue weighted by Gasteiger charge is 2.27. The number of halogens is 1. The lowest BCUT2D eigenvalue weighted by atomic mass is 9.82. The third-order valence-corrected chi connectivity index (χ3v) is 6.97. The quantitative estimate of drug-likeness (QED) is 0.449. The molecule has 2 aromatic heterocycles. The Bertz CT molecular complexity index is 916. The van der Waals surface area contributed by atoms with Crippen LogP contribution in [0, 0.1) is 11.2 Å². The molecule has 0 bridgehead atoms. The van der Waals surface area contributed by atoms with Crippen molar-refractivity contribution in [2.75, 3.05) is 50.7 Å². The number of anilines is 2. The molecule has 2 aromatic rings. The van der Waals surface area contributed by atoms with Gasteiger partial charge in [-0.05, 0) is 56.1 Å². The van der Waals surface area contributed by atoms with Crippen LogP contribution in [-0.2, 0) is 9.47 Å². The van der Waals surface area contributed by atoms with Crippen molar-refractivity contribution >= 4 is 11.8 Å². The number of nitrogens with zero attached hydrogens (tertiary/aromatic N) is 3. The minimum Gasteiger partial charge on any atom is -0.383 e. The Morgan fingerprint density at radius 3 is 2.68 bits per heavy atom. The molecule has 0 atom stereocenters. The maximum Gasteiger partial charge on any atom is 0.223 e. The van der Waals surface area contributed by atoms with Gasteiger partial charge in [-0.3, -0.25) is 0 Å². The minimum absolute atomic E-state index is 0.172. The lowest BCUT2D eigenvalue weighted by Crippen LogP contribution is -2.38. The maximum absolute atomic E-state index is 14.7. The SMILES string of the molecule is COCCNC1CCC(Nc2ncc(F)c(-c3ccnc(NCC4(C)CCOCC4)c3)n2)CC1. The Morgan fingerprint density at radius 1 is 1.15 bits per heavy atom. The summed E-state index contributed by atoms with van der Waals surface area (Å²) in [6, 6.07) is 4.44. The zero-order chi connectivity index (χ0) is 23.8. The second-order valence-electron chi connectivity index (χ2n) is 9.74. The fraction of sp³-hybridized carbons (Fsp3) is 0.640. The molecule has 2 fully saturated rings. The summed E-state index contributed by atoms with van der Waals surface area (Å²) in [6.45, 7) is 6.25. The van der Waals surface area contributed by atoms with E-state index >= 15 is 0 Å². The minimum atomic E-state index is -0.440. The molecule has 2 aliphatic rings. The second-order valence-corrected chi connectivity index (χ2v) is 9.74. The molecule has 186 valence electrons. The van der Waals surface area contributed by atoms with E-state index < -0.39 is 5.82 Å². The van der Waals surface area contributed by atoms with Gasteiger partial charge >= 0.3 is 0 Å². The highest BCUT2D eigenvalue weighted by Crippen LogP contribution is 2.30.